The van der Waals surface area contributed by atoms with E-state index in [1.54, 1.807) is 0 Å². The summed E-state index contributed by atoms with van der Waals surface area (Å²) in [5.41, 5.74) is 0. The molecule has 1 heterocycles. The summed E-state index contributed by atoms with van der Waals surface area (Å²) in [4.78, 5) is 10.4. The normalized spacial score (nSPS) is 22.6. The summed E-state index contributed by atoms with van der Waals surface area (Å²) in [5, 5.41) is 0. The summed E-state index contributed by atoms with van der Waals surface area (Å²) in [7, 11) is 0. The predicted molar refractivity (Wildman–Crippen MR) is 42.9 cm³/mol. The van der Waals surface area contributed by atoms with E-state index < -0.39 is 43.7 Å². The number of alkyl halides is 6. The van der Waals surface area contributed by atoms with Gasteiger partial charge >= 0.3 is 18.3 Å². The number of carbonyl (C=O) groups excluding carboxylic acids is 1. The summed E-state index contributed by atoms with van der Waals surface area (Å²) < 4.78 is 85.8. The Kier molecular flexibility index (Phi) is 4.30. The van der Waals surface area contributed by atoms with Crippen molar-refractivity contribution in [2.45, 2.75) is 24.4 Å². The molecular formula is C8H8F6O4. The van der Waals surface area contributed by atoms with E-state index in [2.05, 4.69) is 14.2 Å². The molecule has 0 bridgehead atoms. The molecule has 10 heteroatoms. The van der Waals surface area contributed by atoms with Gasteiger partial charge in [0.2, 0.25) is 0 Å². The molecule has 1 aliphatic heterocycles. The second kappa shape index (κ2) is 5.21. The number of cyclic esters (lactones) is 2. The van der Waals surface area contributed by atoms with Crippen molar-refractivity contribution in [2.24, 2.45) is 0 Å². The zero-order valence-corrected chi connectivity index (χ0v) is 8.68. The minimum Gasteiger partial charge on any atom is -0.430 e. The molecule has 18 heavy (non-hydrogen) atoms. The fourth-order valence-corrected chi connectivity index (χ4v) is 1.09. The molecule has 1 rings (SSSR count). The van der Waals surface area contributed by atoms with E-state index in [1.165, 1.54) is 0 Å². The van der Waals surface area contributed by atoms with E-state index in [4.69, 9.17) is 0 Å². The third kappa shape index (κ3) is 3.93. The lowest BCUT2D eigenvalue weighted by Crippen LogP contribution is -2.45. The van der Waals surface area contributed by atoms with Crippen LogP contribution < -0.4 is 0 Å². The Balaban J connectivity index is 2.35. The Morgan fingerprint density at radius 2 is 1.94 bits per heavy atom. The van der Waals surface area contributed by atoms with E-state index in [-0.39, 0.29) is 6.61 Å². The summed E-state index contributed by atoms with van der Waals surface area (Å²) in [6, 6.07) is 0. The Bertz CT molecular complexity index is 304. The van der Waals surface area contributed by atoms with Gasteiger partial charge in [0.25, 0.3) is 6.17 Å². The van der Waals surface area contributed by atoms with E-state index in [1.807, 2.05) is 0 Å². The van der Waals surface area contributed by atoms with E-state index in [0.29, 0.717) is 0 Å². The molecule has 1 saturated heterocycles. The van der Waals surface area contributed by atoms with E-state index in [0.717, 1.165) is 0 Å². The molecule has 0 saturated carbocycles. The van der Waals surface area contributed by atoms with Gasteiger partial charge < -0.3 is 14.2 Å². The van der Waals surface area contributed by atoms with Crippen LogP contribution in [0.5, 0.6) is 0 Å². The molecule has 0 amide bonds. The van der Waals surface area contributed by atoms with Gasteiger partial charge in [0.15, 0.2) is 6.10 Å². The Morgan fingerprint density at radius 3 is 2.39 bits per heavy atom. The average molecular weight is 282 g/mol. The molecule has 106 valence electrons. The molecule has 0 aromatic carbocycles. The van der Waals surface area contributed by atoms with Crippen molar-refractivity contribution in [2.75, 3.05) is 19.8 Å². The quantitative estimate of drug-likeness (QED) is 0.572. The number of hydrogen-bond donors (Lipinski definition) is 0. The fraction of sp³-hybridized carbons (Fsp3) is 0.875. The number of ether oxygens (including phenoxy) is 3. The third-order valence-electron chi connectivity index (χ3n) is 1.91. The number of rotatable bonds is 5. The Morgan fingerprint density at radius 1 is 1.33 bits per heavy atom. The second-order valence-electron chi connectivity index (χ2n) is 3.48. The molecule has 1 fully saturated rings. The van der Waals surface area contributed by atoms with E-state index in [9.17, 15) is 31.1 Å². The van der Waals surface area contributed by atoms with Crippen molar-refractivity contribution in [3.05, 3.63) is 0 Å². The van der Waals surface area contributed by atoms with E-state index >= 15 is 0 Å². The van der Waals surface area contributed by atoms with Gasteiger partial charge in [-0.25, -0.2) is 18.0 Å². The smallest absolute Gasteiger partial charge is 0.430 e. The van der Waals surface area contributed by atoms with Crippen LogP contribution in [0.3, 0.4) is 0 Å². The molecule has 0 radical (unpaired) electrons. The second-order valence-corrected chi connectivity index (χ2v) is 3.48. The summed E-state index contributed by atoms with van der Waals surface area (Å²) in [6.45, 7) is -2.64. The van der Waals surface area contributed by atoms with Crippen LogP contribution in [-0.4, -0.2) is 50.4 Å². The van der Waals surface area contributed by atoms with Crippen LogP contribution >= 0.6 is 0 Å². The maximum absolute atomic E-state index is 12.7. The van der Waals surface area contributed by atoms with Crippen LogP contribution in [0.15, 0.2) is 0 Å². The van der Waals surface area contributed by atoms with Gasteiger partial charge in [-0.2, -0.15) is 13.2 Å². The van der Waals surface area contributed by atoms with Crippen molar-refractivity contribution in [1.82, 2.24) is 0 Å². The topological polar surface area (TPSA) is 44.8 Å². The van der Waals surface area contributed by atoms with Crippen molar-refractivity contribution in [3.8, 4) is 0 Å². The standard InChI is InChI=1S/C8H8F6O4/c9-5(8(12,13)14)7(10,11)3-16-1-4-2-17-6(15)18-4/h4-5H,1-3H2. The molecule has 4 nitrogen and oxygen atoms in total. The molecule has 2 unspecified atom stereocenters. The van der Waals surface area contributed by atoms with Crippen LogP contribution in [0.2, 0.25) is 0 Å². The zero-order chi connectivity index (χ0) is 14.0. The highest BCUT2D eigenvalue weighted by Gasteiger charge is 2.56. The number of carbonyl (C=O) groups is 1. The molecule has 0 spiro atoms. The molecule has 2 atom stereocenters. The van der Waals surface area contributed by atoms with Crippen LogP contribution in [-0.2, 0) is 14.2 Å². The largest absolute Gasteiger partial charge is 0.508 e. The molecular weight excluding hydrogens is 274 g/mol. The lowest BCUT2D eigenvalue weighted by molar-refractivity contribution is -0.256. The van der Waals surface area contributed by atoms with Crippen molar-refractivity contribution in [1.29, 1.82) is 0 Å². The fourth-order valence-electron chi connectivity index (χ4n) is 1.09. The lowest BCUT2D eigenvalue weighted by Gasteiger charge is -2.22. The third-order valence-corrected chi connectivity index (χ3v) is 1.91. The van der Waals surface area contributed by atoms with Crippen LogP contribution in [0.25, 0.3) is 0 Å². The van der Waals surface area contributed by atoms with Crippen LogP contribution in [0.1, 0.15) is 0 Å². The maximum Gasteiger partial charge on any atom is 0.508 e. The predicted octanol–water partition coefficient (Wildman–Crippen LogP) is 2.07. The van der Waals surface area contributed by atoms with Gasteiger partial charge in [-0.3, -0.25) is 0 Å². The summed E-state index contributed by atoms with van der Waals surface area (Å²) >= 11 is 0. The van der Waals surface area contributed by atoms with Crippen LogP contribution in [0.4, 0.5) is 31.1 Å². The molecule has 0 aromatic rings. The highest BCUT2D eigenvalue weighted by molar-refractivity contribution is 5.61. The van der Waals surface area contributed by atoms with Crippen molar-refractivity contribution < 1.29 is 45.3 Å². The molecule has 0 N–H and O–H groups in total. The lowest BCUT2D eigenvalue weighted by atomic mass is 10.2. The minimum atomic E-state index is -5.67. The van der Waals surface area contributed by atoms with Gasteiger partial charge in [0, 0.05) is 0 Å². The SMILES string of the molecule is O=C1OCC(COCC(F)(F)C(F)C(F)(F)F)O1. The number of halogens is 6. The first-order valence-corrected chi connectivity index (χ1v) is 4.62. The van der Waals surface area contributed by atoms with Crippen LogP contribution in [0, 0.1) is 0 Å². The first kappa shape index (κ1) is 14.9. The van der Waals surface area contributed by atoms with Gasteiger partial charge in [-0.15, -0.1) is 0 Å². The summed E-state index contributed by atoms with van der Waals surface area (Å²) in [6.07, 6.45) is -12.0. The zero-order valence-electron chi connectivity index (χ0n) is 8.68. The minimum absolute atomic E-state index is 0.261. The molecule has 0 aromatic heterocycles. The Labute approximate surface area is 96.8 Å². The highest BCUT2D eigenvalue weighted by atomic mass is 19.4. The van der Waals surface area contributed by atoms with Gasteiger partial charge in [0.1, 0.15) is 13.2 Å². The summed E-state index contributed by atoms with van der Waals surface area (Å²) in [5.74, 6) is -4.71. The monoisotopic (exact) mass is 282 g/mol. The molecule has 0 aliphatic carbocycles. The van der Waals surface area contributed by atoms with Gasteiger partial charge in [-0.1, -0.05) is 0 Å². The Hall–Kier alpha value is -1.19. The van der Waals surface area contributed by atoms with Gasteiger partial charge in [-0.05, 0) is 0 Å². The molecule has 1 aliphatic rings. The highest BCUT2D eigenvalue weighted by Crippen LogP contribution is 2.35. The van der Waals surface area contributed by atoms with Crippen molar-refractivity contribution >= 4 is 6.16 Å². The maximum atomic E-state index is 12.7. The first-order valence-electron chi connectivity index (χ1n) is 4.62. The number of hydrogen-bond acceptors (Lipinski definition) is 4. The first-order chi connectivity index (χ1) is 8.13. The van der Waals surface area contributed by atoms with Crippen molar-refractivity contribution in [3.63, 3.8) is 0 Å². The van der Waals surface area contributed by atoms with Gasteiger partial charge in [0.05, 0.1) is 6.61 Å². The average Bonchev–Trinajstić information content (AvgIpc) is 2.61.